The molecule has 0 bridgehead atoms. The van der Waals surface area contributed by atoms with Gasteiger partial charge in [-0.3, -0.25) is 4.79 Å². The molecule has 5 nitrogen and oxygen atoms in total. The van der Waals surface area contributed by atoms with Gasteiger partial charge in [0.25, 0.3) is 5.91 Å². The molecular formula is C11H19N3O2S2. The van der Waals surface area contributed by atoms with Crippen LogP contribution in [0.5, 0.6) is 0 Å². The topological polar surface area (TPSA) is 88.2 Å². The zero-order valence-corrected chi connectivity index (χ0v) is 12.2. The predicted octanol–water partition coefficient (Wildman–Crippen LogP) is 0.488. The lowest BCUT2D eigenvalue weighted by Crippen LogP contribution is -2.42. The summed E-state index contributed by atoms with van der Waals surface area (Å²) in [7, 11) is 0. The van der Waals surface area contributed by atoms with E-state index in [1.54, 1.807) is 12.3 Å². The molecule has 0 spiro atoms. The summed E-state index contributed by atoms with van der Waals surface area (Å²) in [5, 5.41) is 15.2. The smallest absolute Gasteiger partial charge is 0.270 e. The van der Waals surface area contributed by atoms with E-state index >= 15 is 0 Å². The number of nitrogens with two attached hydrogens (primary N) is 1. The number of thioether (sulfide) groups is 1. The number of nitrogens with one attached hydrogen (secondary N) is 1. The summed E-state index contributed by atoms with van der Waals surface area (Å²) >= 11 is 2.97. The van der Waals surface area contributed by atoms with Crippen molar-refractivity contribution in [3.8, 4) is 0 Å². The highest BCUT2D eigenvalue weighted by atomic mass is 32.2. The summed E-state index contributed by atoms with van der Waals surface area (Å²) in [6.07, 6.45) is 2.60. The molecule has 0 aliphatic carbocycles. The van der Waals surface area contributed by atoms with Crippen LogP contribution in [0.3, 0.4) is 0 Å². The average molecular weight is 289 g/mol. The van der Waals surface area contributed by atoms with Gasteiger partial charge >= 0.3 is 0 Å². The van der Waals surface area contributed by atoms with Crippen LogP contribution in [-0.2, 0) is 6.42 Å². The quantitative estimate of drug-likeness (QED) is 0.680. The molecule has 0 aromatic carbocycles. The van der Waals surface area contributed by atoms with Gasteiger partial charge in [-0.2, -0.15) is 11.8 Å². The van der Waals surface area contributed by atoms with Crippen molar-refractivity contribution < 1.29 is 9.90 Å². The maximum Gasteiger partial charge on any atom is 0.270 e. The van der Waals surface area contributed by atoms with Crippen molar-refractivity contribution in [2.75, 3.05) is 25.1 Å². The number of nitrogens with zero attached hydrogens (tertiary/aromatic N) is 1. The first-order chi connectivity index (χ1) is 8.48. The number of amides is 1. The molecular weight excluding hydrogens is 270 g/mol. The second-order valence-electron chi connectivity index (χ2n) is 4.28. The zero-order chi connectivity index (χ0) is 13.6. The normalized spacial score (nSPS) is 14.2. The van der Waals surface area contributed by atoms with Crippen LogP contribution in [0, 0.1) is 0 Å². The fourth-order valence-corrected chi connectivity index (χ4v) is 2.89. The molecule has 4 N–H and O–H groups in total. The number of rotatable bonds is 7. The highest BCUT2D eigenvalue weighted by molar-refractivity contribution is 7.98. The van der Waals surface area contributed by atoms with E-state index in [2.05, 4.69) is 10.3 Å². The summed E-state index contributed by atoms with van der Waals surface area (Å²) in [4.78, 5) is 16.0. The third-order valence-electron chi connectivity index (χ3n) is 2.23. The largest absolute Gasteiger partial charge is 0.387 e. The molecule has 1 rings (SSSR count). The Labute approximate surface area is 115 Å². The van der Waals surface area contributed by atoms with Gasteiger partial charge in [0, 0.05) is 24.1 Å². The molecule has 0 radical (unpaired) electrons. The number of aliphatic hydroxyl groups is 1. The van der Waals surface area contributed by atoms with E-state index in [1.165, 1.54) is 23.1 Å². The fourth-order valence-electron chi connectivity index (χ4n) is 1.38. The molecule has 0 saturated heterocycles. The highest BCUT2D eigenvalue weighted by Crippen LogP contribution is 2.12. The van der Waals surface area contributed by atoms with E-state index in [-0.39, 0.29) is 12.5 Å². The predicted molar refractivity (Wildman–Crippen MR) is 76.2 cm³/mol. The molecule has 102 valence electrons. The second-order valence-corrected chi connectivity index (χ2v) is 6.09. The van der Waals surface area contributed by atoms with E-state index in [1.807, 2.05) is 6.26 Å². The Morgan fingerprint density at radius 2 is 2.44 bits per heavy atom. The van der Waals surface area contributed by atoms with Crippen LogP contribution in [0.4, 0.5) is 0 Å². The highest BCUT2D eigenvalue weighted by Gasteiger charge is 2.21. The number of hydrogen-bond acceptors (Lipinski definition) is 6. The van der Waals surface area contributed by atoms with Gasteiger partial charge in [-0.1, -0.05) is 0 Å². The van der Waals surface area contributed by atoms with Crippen LogP contribution < -0.4 is 11.1 Å². The molecule has 18 heavy (non-hydrogen) atoms. The van der Waals surface area contributed by atoms with Crippen molar-refractivity contribution in [3.05, 3.63) is 16.1 Å². The van der Waals surface area contributed by atoms with Gasteiger partial charge < -0.3 is 16.2 Å². The Morgan fingerprint density at radius 1 is 1.72 bits per heavy atom. The molecule has 1 aromatic rings. The van der Waals surface area contributed by atoms with Gasteiger partial charge in [-0.25, -0.2) is 4.98 Å². The summed E-state index contributed by atoms with van der Waals surface area (Å²) in [5.41, 5.74) is 4.92. The third-order valence-corrected chi connectivity index (χ3v) is 4.05. The minimum Gasteiger partial charge on any atom is -0.387 e. The van der Waals surface area contributed by atoms with E-state index in [0.717, 1.165) is 5.01 Å². The van der Waals surface area contributed by atoms with E-state index in [9.17, 15) is 9.90 Å². The van der Waals surface area contributed by atoms with Crippen molar-refractivity contribution in [1.82, 2.24) is 10.3 Å². The van der Waals surface area contributed by atoms with Gasteiger partial charge in [0.15, 0.2) is 0 Å². The number of aromatic nitrogens is 1. The Balaban J connectivity index is 2.49. The minimum atomic E-state index is -0.898. The molecule has 1 aromatic heterocycles. The molecule has 1 heterocycles. The molecule has 1 unspecified atom stereocenters. The molecule has 0 saturated carbocycles. The van der Waals surface area contributed by atoms with Crippen molar-refractivity contribution in [3.63, 3.8) is 0 Å². The number of thiazole rings is 1. The standard InChI is InChI=1S/C11H19N3O2S2/c1-11(16,7-17-2)6-13-10(15)8-5-18-9(14-8)3-4-12/h5,16H,3-4,6-7,12H2,1-2H3,(H,13,15). The molecule has 0 fully saturated rings. The maximum absolute atomic E-state index is 11.8. The number of carbonyl (C=O) groups is 1. The van der Waals surface area contributed by atoms with E-state index < -0.39 is 5.60 Å². The van der Waals surface area contributed by atoms with Crippen LogP contribution in [0.15, 0.2) is 5.38 Å². The average Bonchev–Trinajstić information content (AvgIpc) is 2.75. The lowest BCUT2D eigenvalue weighted by Gasteiger charge is -2.22. The van der Waals surface area contributed by atoms with Gasteiger partial charge in [0.1, 0.15) is 5.69 Å². The van der Waals surface area contributed by atoms with Crippen molar-refractivity contribution in [2.45, 2.75) is 18.9 Å². The lowest BCUT2D eigenvalue weighted by molar-refractivity contribution is 0.0722. The van der Waals surface area contributed by atoms with Crippen LogP contribution in [0.2, 0.25) is 0 Å². The Hall–Kier alpha value is -0.630. The maximum atomic E-state index is 11.8. The zero-order valence-electron chi connectivity index (χ0n) is 10.6. The van der Waals surface area contributed by atoms with Gasteiger partial charge in [0.2, 0.25) is 0 Å². The van der Waals surface area contributed by atoms with E-state index in [4.69, 9.17) is 5.73 Å². The lowest BCUT2D eigenvalue weighted by atomic mass is 10.1. The van der Waals surface area contributed by atoms with Crippen LogP contribution in [-0.4, -0.2) is 46.7 Å². The monoisotopic (exact) mass is 289 g/mol. The summed E-state index contributed by atoms with van der Waals surface area (Å²) in [6.45, 7) is 2.44. The van der Waals surface area contributed by atoms with Gasteiger partial charge in [-0.15, -0.1) is 11.3 Å². The summed E-state index contributed by atoms with van der Waals surface area (Å²) < 4.78 is 0. The van der Waals surface area contributed by atoms with Crippen molar-refractivity contribution >= 4 is 29.0 Å². The summed E-state index contributed by atoms with van der Waals surface area (Å²) in [6, 6.07) is 0. The second kappa shape index (κ2) is 7.08. The molecule has 1 atom stereocenters. The first-order valence-corrected chi connectivity index (χ1v) is 7.90. The Morgan fingerprint density at radius 3 is 3.06 bits per heavy atom. The third kappa shape index (κ3) is 4.93. The minimum absolute atomic E-state index is 0.219. The van der Waals surface area contributed by atoms with Crippen LogP contribution in [0.1, 0.15) is 22.4 Å². The fraction of sp³-hybridized carbons (Fsp3) is 0.636. The Kier molecular flexibility index (Phi) is 6.07. The Bertz CT molecular complexity index is 393. The van der Waals surface area contributed by atoms with Crippen molar-refractivity contribution in [2.24, 2.45) is 5.73 Å². The first kappa shape index (κ1) is 15.4. The molecule has 1 amide bonds. The number of carbonyl (C=O) groups excluding carboxylic acids is 1. The van der Waals surface area contributed by atoms with Crippen LogP contribution in [0.25, 0.3) is 0 Å². The molecule has 0 aliphatic rings. The first-order valence-electron chi connectivity index (χ1n) is 5.62. The van der Waals surface area contributed by atoms with Gasteiger partial charge in [-0.05, 0) is 19.7 Å². The summed E-state index contributed by atoms with van der Waals surface area (Å²) in [5.74, 6) is 0.318. The van der Waals surface area contributed by atoms with Crippen molar-refractivity contribution in [1.29, 1.82) is 0 Å². The van der Waals surface area contributed by atoms with Crippen LogP contribution >= 0.6 is 23.1 Å². The van der Waals surface area contributed by atoms with Gasteiger partial charge in [0.05, 0.1) is 10.6 Å². The number of hydrogen-bond donors (Lipinski definition) is 3. The molecule has 7 heteroatoms. The SMILES string of the molecule is CSCC(C)(O)CNC(=O)c1csc(CCN)n1. The van der Waals surface area contributed by atoms with E-state index in [0.29, 0.717) is 24.4 Å². The molecule has 0 aliphatic heterocycles.